The van der Waals surface area contributed by atoms with Crippen molar-refractivity contribution in [1.82, 2.24) is 5.32 Å². The summed E-state index contributed by atoms with van der Waals surface area (Å²) < 4.78 is 4.99. The van der Waals surface area contributed by atoms with E-state index in [-0.39, 0.29) is 11.9 Å². The van der Waals surface area contributed by atoms with Crippen LogP contribution < -0.4 is 5.32 Å². The molecule has 0 fully saturated rings. The highest BCUT2D eigenvalue weighted by molar-refractivity contribution is 9.09. The number of nitrogens with one attached hydrogen (secondary N) is 1. The van der Waals surface area contributed by atoms with Crippen molar-refractivity contribution in [3.05, 3.63) is 20.8 Å². The first-order valence-electron chi connectivity index (χ1n) is 4.69. The molecule has 0 aromatic carbocycles. The van der Waals surface area contributed by atoms with Gasteiger partial charge >= 0.3 is 0 Å². The van der Waals surface area contributed by atoms with Crippen LogP contribution in [0.1, 0.15) is 15.2 Å². The second-order valence-corrected chi connectivity index (χ2v) is 5.25. The zero-order valence-corrected chi connectivity index (χ0v) is 12.2. The van der Waals surface area contributed by atoms with Crippen LogP contribution in [0.4, 0.5) is 0 Å². The summed E-state index contributed by atoms with van der Waals surface area (Å²) in [6.45, 7) is 2.35. The van der Waals surface area contributed by atoms with Crippen molar-refractivity contribution >= 4 is 44.8 Å². The zero-order chi connectivity index (χ0) is 12.1. The lowest BCUT2D eigenvalue weighted by molar-refractivity contribution is 0.0912. The number of carbonyl (C=O) groups excluding carboxylic acids is 1. The van der Waals surface area contributed by atoms with E-state index in [2.05, 4.69) is 21.2 Å². The first-order valence-corrected chi connectivity index (χ1v) is 7.07. The first kappa shape index (κ1) is 14.0. The Morgan fingerprint density at radius 3 is 2.88 bits per heavy atom. The fourth-order valence-corrected chi connectivity index (χ4v) is 2.69. The Morgan fingerprint density at radius 2 is 2.44 bits per heavy atom. The number of carbonyl (C=O) groups is 1. The summed E-state index contributed by atoms with van der Waals surface area (Å²) in [5.74, 6) is -0.149. The van der Waals surface area contributed by atoms with Gasteiger partial charge in [-0.2, -0.15) is 0 Å². The van der Waals surface area contributed by atoms with E-state index in [4.69, 9.17) is 16.3 Å². The summed E-state index contributed by atoms with van der Waals surface area (Å²) in [4.78, 5) is 12.4. The predicted molar refractivity (Wildman–Crippen MR) is 71.0 cm³/mol. The van der Waals surface area contributed by atoms with Gasteiger partial charge in [-0.1, -0.05) is 27.5 Å². The number of amides is 1. The van der Waals surface area contributed by atoms with Crippen LogP contribution in [0.2, 0.25) is 5.02 Å². The number of methoxy groups -OCH3 is 1. The molecule has 0 saturated carbocycles. The van der Waals surface area contributed by atoms with E-state index in [1.165, 1.54) is 11.3 Å². The van der Waals surface area contributed by atoms with Crippen molar-refractivity contribution in [3.63, 3.8) is 0 Å². The predicted octanol–water partition coefficient (Wildman–Crippen LogP) is 2.85. The van der Waals surface area contributed by atoms with Gasteiger partial charge in [-0.05, 0) is 17.9 Å². The molecule has 1 unspecified atom stereocenters. The van der Waals surface area contributed by atoms with Crippen LogP contribution >= 0.6 is 38.9 Å². The summed E-state index contributed by atoms with van der Waals surface area (Å²) in [5.41, 5.74) is 0.930. The molecular weight excluding hydrogens is 314 g/mol. The summed E-state index contributed by atoms with van der Waals surface area (Å²) in [5, 5.41) is 5.91. The Bertz CT molecular complexity index is 370. The third kappa shape index (κ3) is 3.45. The van der Waals surface area contributed by atoms with Gasteiger partial charge in [0.1, 0.15) is 4.88 Å². The Balaban J connectivity index is 2.68. The third-order valence-electron chi connectivity index (χ3n) is 1.99. The van der Waals surface area contributed by atoms with Crippen LogP contribution in [0.15, 0.2) is 5.38 Å². The average Bonchev–Trinajstić information content (AvgIpc) is 2.59. The molecule has 3 nitrogen and oxygen atoms in total. The minimum atomic E-state index is -0.149. The molecule has 1 N–H and O–H groups in total. The van der Waals surface area contributed by atoms with Crippen LogP contribution in [-0.2, 0) is 4.74 Å². The number of hydrogen-bond donors (Lipinski definition) is 1. The SMILES string of the molecule is COCC(CBr)NC(=O)c1scc(C)c1Cl. The molecule has 90 valence electrons. The number of ether oxygens (including phenoxy) is 1. The number of rotatable bonds is 5. The molecule has 1 rings (SSSR count). The molecule has 0 aliphatic heterocycles. The number of hydrogen-bond acceptors (Lipinski definition) is 3. The summed E-state index contributed by atoms with van der Waals surface area (Å²) in [6.07, 6.45) is 0. The molecule has 0 aliphatic carbocycles. The highest BCUT2D eigenvalue weighted by Gasteiger charge is 2.17. The molecular formula is C10H13BrClNO2S. The topological polar surface area (TPSA) is 38.3 Å². The quantitative estimate of drug-likeness (QED) is 0.845. The third-order valence-corrected chi connectivity index (χ3v) is 4.47. The molecule has 0 spiro atoms. The number of halogens is 2. The van der Waals surface area contributed by atoms with Crippen molar-refractivity contribution in [2.24, 2.45) is 0 Å². The Morgan fingerprint density at radius 1 is 1.75 bits per heavy atom. The minimum Gasteiger partial charge on any atom is -0.383 e. The van der Waals surface area contributed by atoms with Crippen LogP contribution in [0, 0.1) is 6.92 Å². The van der Waals surface area contributed by atoms with Crippen molar-refractivity contribution in [3.8, 4) is 0 Å². The van der Waals surface area contributed by atoms with Gasteiger partial charge in [0, 0.05) is 12.4 Å². The molecule has 0 radical (unpaired) electrons. The molecule has 6 heteroatoms. The number of alkyl halides is 1. The minimum absolute atomic E-state index is 0.0454. The molecule has 1 atom stereocenters. The van der Waals surface area contributed by atoms with E-state index in [0.717, 1.165) is 5.56 Å². The van der Waals surface area contributed by atoms with E-state index in [9.17, 15) is 4.79 Å². The second-order valence-electron chi connectivity index (χ2n) is 3.34. The molecule has 0 aliphatic rings. The smallest absolute Gasteiger partial charge is 0.263 e. The van der Waals surface area contributed by atoms with Crippen molar-refractivity contribution < 1.29 is 9.53 Å². The van der Waals surface area contributed by atoms with E-state index in [0.29, 0.717) is 21.8 Å². The van der Waals surface area contributed by atoms with Crippen LogP contribution in [-0.4, -0.2) is 31.0 Å². The summed E-state index contributed by atoms with van der Waals surface area (Å²) >= 11 is 10.7. The number of aryl methyl sites for hydroxylation is 1. The summed E-state index contributed by atoms with van der Waals surface area (Å²) in [7, 11) is 1.60. The second kappa shape index (κ2) is 6.59. The van der Waals surface area contributed by atoms with Gasteiger partial charge in [-0.25, -0.2) is 0 Å². The standard InChI is InChI=1S/C10H13BrClNO2S/c1-6-5-16-9(8(6)12)10(14)13-7(3-11)4-15-2/h5,7H,3-4H2,1-2H3,(H,13,14). The first-order chi connectivity index (χ1) is 7.60. The van der Waals surface area contributed by atoms with E-state index in [1.807, 2.05) is 12.3 Å². The fourth-order valence-electron chi connectivity index (χ4n) is 1.16. The normalized spacial score (nSPS) is 12.5. The van der Waals surface area contributed by atoms with E-state index < -0.39 is 0 Å². The fraction of sp³-hybridized carbons (Fsp3) is 0.500. The average molecular weight is 327 g/mol. The highest BCUT2D eigenvalue weighted by atomic mass is 79.9. The maximum absolute atomic E-state index is 11.9. The van der Waals surface area contributed by atoms with Gasteiger partial charge in [0.25, 0.3) is 5.91 Å². The van der Waals surface area contributed by atoms with Crippen molar-refractivity contribution in [2.45, 2.75) is 13.0 Å². The molecule has 1 amide bonds. The zero-order valence-electron chi connectivity index (χ0n) is 9.05. The maximum atomic E-state index is 11.9. The Hall–Kier alpha value is -0.100. The van der Waals surface area contributed by atoms with Gasteiger partial charge < -0.3 is 10.1 Å². The molecule has 1 aromatic rings. The summed E-state index contributed by atoms with van der Waals surface area (Å²) in [6, 6.07) is -0.0454. The van der Waals surface area contributed by atoms with Crippen LogP contribution in [0.25, 0.3) is 0 Å². The Kier molecular flexibility index (Phi) is 5.75. The Labute approximate surface area is 112 Å². The van der Waals surface area contributed by atoms with Gasteiger partial charge in [0.15, 0.2) is 0 Å². The van der Waals surface area contributed by atoms with Crippen molar-refractivity contribution in [2.75, 3.05) is 19.0 Å². The lowest BCUT2D eigenvalue weighted by Crippen LogP contribution is -2.39. The molecule has 0 saturated heterocycles. The lowest BCUT2D eigenvalue weighted by Gasteiger charge is -2.14. The maximum Gasteiger partial charge on any atom is 0.263 e. The van der Waals surface area contributed by atoms with Crippen molar-refractivity contribution in [1.29, 1.82) is 0 Å². The molecule has 1 heterocycles. The van der Waals surface area contributed by atoms with E-state index in [1.54, 1.807) is 7.11 Å². The van der Waals surface area contributed by atoms with Crippen LogP contribution in [0.3, 0.4) is 0 Å². The van der Waals surface area contributed by atoms with Gasteiger partial charge in [-0.3, -0.25) is 4.79 Å². The van der Waals surface area contributed by atoms with Gasteiger partial charge in [-0.15, -0.1) is 11.3 Å². The lowest BCUT2D eigenvalue weighted by atomic mass is 10.3. The van der Waals surface area contributed by atoms with E-state index >= 15 is 0 Å². The molecule has 1 aromatic heterocycles. The van der Waals surface area contributed by atoms with Gasteiger partial charge in [0.2, 0.25) is 0 Å². The van der Waals surface area contributed by atoms with Gasteiger partial charge in [0.05, 0.1) is 17.7 Å². The molecule has 0 bridgehead atoms. The monoisotopic (exact) mass is 325 g/mol. The highest BCUT2D eigenvalue weighted by Crippen LogP contribution is 2.26. The largest absolute Gasteiger partial charge is 0.383 e. The number of thiophene rings is 1. The van der Waals surface area contributed by atoms with Crippen LogP contribution in [0.5, 0.6) is 0 Å². The molecule has 16 heavy (non-hydrogen) atoms.